The molecular formula is C9H12NO3+. The fourth-order valence-corrected chi connectivity index (χ4v) is 1.00. The third kappa shape index (κ3) is 2.19. The van der Waals surface area contributed by atoms with Crippen molar-refractivity contribution in [2.24, 2.45) is 0 Å². The quantitative estimate of drug-likeness (QED) is 0.694. The molecule has 0 saturated heterocycles. The second-order valence-electron chi connectivity index (χ2n) is 2.67. The van der Waals surface area contributed by atoms with Gasteiger partial charge < -0.3 is 15.6 Å². The third-order valence-electron chi connectivity index (χ3n) is 1.79. The fourth-order valence-electron chi connectivity index (χ4n) is 1.00. The van der Waals surface area contributed by atoms with Gasteiger partial charge in [0.15, 0.2) is 0 Å². The maximum absolute atomic E-state index is 10.6. The number of carbonyl (C=O) groups is 1. The first kappa shape index (κ1) is 9.54. The minimum Gasteiger partial charge on any atom is -0.497 e. The van der Waals surface area contributed by atoms with E-state index >= 15 is 0 Å². The van der Waals surface area contributed by atoms with Crippen molar-refractivity contribution < 1.29 is 20.4 Å². The zero-order valence-corrected chi connectivity index (χ0v) is 7.36. The van der Waals surface area contributed by atoms with Crippen LogP contribution in [-0.4, -0.2) is 18.2 Å². The van der Waals surface area contributed by atoms with Gasteiger partial charge in [-0.2, -0.15) is 0 Å². The smallest absolute Gasteiger partial charge is 0.367 e. The van der Waals surface area contributed by atoms with E-state index in [1.807, 2.05) is 0 Å². The Kier molecular flexibility index (Phi) is 2.87. The largest absolute Gasteiger partial charge is 0.497 e. The highest BCUT2D eigenvalue weighted by molar-refractivity contribution is 5.73. The van der Waals surface area contributed by atoms with Crippen LogP contribution in [0.25, 0.3) is 0 Å². The molecule has 0 aliphatic rings. The monoisotopic (exact) mass is 182 g/mol. The first-order valence-electron chi connectivity index (χ1n) is 3.85. The number of methoxy groups -OCH3 is 1. The highest BCUT2D eigenvalue weighted by atomic mass is 16.5. The molecule has 0 aliphatic heterocycles. The normalized spacial score (nSPS) is 12.2. The van der Waals surface area contributed by atoms with Crippen LogP contribution in [0.1, 0.15) is 11.6 Å². The molecule has 0 spiro atoms. The summed E-state index contributed by atoms with van der Waals surface area (Å²) in [4.78, 5) is 10.6. The van der Waals surface area contributed by atoms with E-state index in [2.05, 4.69) is 5.73 Å². The van der Waals surface area contributed by atoms with E-state index in [4.69, 9.17) is 9.84 Å². The van der Waals surface area contributed by atoms with Gasteiger partial charge in [0.1, 0.15) is 5.75 Å². The van der Waals surface area contributed by atoms with Gasteiger partial charge >= 0.3 is 5.97 Å². The Bertz CT molecular complexity index is 311. The van der Waals surface area contributed by atoms with Gasteiger partial charge in [0.25, 0.3) is 0 Å². The van der Waals surface area contributed by atoms with Crippen LogP contribution in [0.4, 0.5) is 0 Å². The Morgan fingerprint density at radius 3 is 2.85 bits per heavy atom. The molecule has 0 bridgehead atoms. The zero-order chi connectivity index (χ0) is 9.84. The van der Waals surface area contributed by atoms with E-state index in [1.54, 1.807) is 24.3 Å². The molecule has 0 amide bonds. The Hall–Kier alpha value is -1.55. The zero-order valence-electron chi connectivity index (χ0n) is 7.36. The van der Waals surface area contributed by atoms with E-state index in [1.165, 1.54) is 7.11 Å². The van der Waals surface area contributed by atoms with E-state index < -0.39 is 12.0 Å². The van der Waals surface area contributed by atoms with Gasteiger partial charge in [0, 0.05) is 5.56 Å². The van der Waals surface area contributed by atoms with Crippen molar-refractivity contribution in [3.8, 4) is 5.75 Å². The highest BCUT2D eigenvalue weighted by Gasteiger charge is 2.18. The second-order valence-corrected chi connectivity index (χ2v) is 2.67. The van der Waals surface area contributed by atoms with Crippen molar-refractivity contribution in [3.63, 3.8) is 0 Å². The van der Waals surface area contributed by atoms with Crippen LogP contribution in [0.15, 0.2) is 24.3 Å². The van der Waals surface area contributed by atoms with Gasteiger partial charge in [0.05, 0.1) is 7.11 Å². The predicted octanol–water partition coefficient (Wildman–Crippen LogP) is 0.0628. The number of quaternary nitrogens is 1. The molecule has 0 radical (unpaired) electrons. The first-order chi connectivity index (χ1) is 6.15. The van der Waals surface area contributed by atoms with Crippen LogP contribution in [-0.2, 0) is 4.79 Å². The molecule has 4 nitrogen and oxygen atoms in total. The van der Waals surface area contributed by atoms with E-state index in [9.17, 15) is 4.79 Å². The number of hydrogen-bond donors (Lipinski definition) is 2. The summed E-state index contributed by atoms with van der Waals surface area (Å²) in [5.41, 5.74) is 4.17. The summed E-state index contributed by atoms with van der Waals surface area (Å²) in [5, 5.41) is 8.70. The maximum Gasteiger partial charge on any atom is 0.367 e. The lowest BCUT2D eigenvalue weighted by Crippen LogP contribution is -2.57. The molecule has 0 heterocycles. The summed E-state index contributed by atoms with van der Waals surface area (Å²) in [7, 11) is 1.54. The molecule has 70 valence electrons. The van der Waals surface area contributed by atoms with Crippen LogP contribution < -0.4 is 10.5 Å². The minimum atomic E-state index is -0.937. The van der Waals surface area contributed by atoms with Gasteiger partial charge in [0.2, 0.25) is 6.04 Å². The van der Waals surface area contributed by atoms with E-state index in [0.717, 1.165) is 0 Å². The lowest BCUT2D eigenvalue weighted by molar-refractivity contribution is -0.413. The second kappa shape index (κ2) is 3.91. The molecule has 4 heteroatoms. The average Bonchev–Trinajstić information content (AvgIpc) is 2.16. The minimum absolute atomic E-state index is 0.645. The Morgan fingerprint density at radius 2 is 2.31 bits per heavy atom. The van der Waals surface area contributed by atoms with Crippen molar-refractivity contribution in [2.45, 2.75) is 6.04 Å². The Labute approximate surface area is 75.9 Å². The summed E-state index contributed by atoms with van der Waals surface area (Å²) >= 11 is 0. The van der Waals surface area contributed by atoms with Crippen LogP contribution in [0.5, 0.6) is 5.75 Å². The van der Waals surface area contributed by atoms with Crippen molar-refractivity contribution in [3.05, 3.63) is 29.8 Å². The van der Waals surface area contributed by atoms with Gasteiger partial charge in [-0.1, -0.05) is 12.1 Å². The van der Waals surface area contributed by atoms with Crippen LogP contribution in [0.3, 0.4) is 0 Å². The van der Waals surface area contributed by atoms with Crippen molar-refractivity contribution >= 4 is 5.97 Å². The summed E-state index contributed by atoms with van der Waals surface area (Å²) in [6, 6.07) is 6.16. The third-order valence-corrected chi connectivity index (χ3v) is 1.79. The van der Waals surface area contributed by atoms with Gasteiger partial charge in [-0.05, 0) is 12.1 Å². The number of carboxylic acid groups (broad SMARTS) is 1. The summed E-state index contributed by atoms with van der Waals surface area (Å²) in [6.45, 7) is 0. The SMILES string of the molecule is COc1cccc(C([NH3+])C(=O)O)c1. The highest BCUT2D eigenvalue weighted by Crippen LogP contribution is 2.16. The van der Waals surface area contributed by atoms with Gasteiger partial charge in [-0.3, -0.25) is 0 Å². The number of aliphatic carboxylic acids is 1. The number of benzene rings is 1. The number of ether oxygens (including phenoxy) is 1. The molecule has 1 atom stereocenters. The van der Waals surface area contributed by atoms with Gasteiger partial charge in [-0.25, -0.2) is 4.79 Å². The fraction of sp³-hybridized carbons (Fsp3) is 0.222. The molecule has 13 heavy (non-hydrogen) atoms. The Balaban J connectivity index is 2.94. The van der Waals surface area contributed by atoms with E-state index in [0.29, 0.717) is 11.3 Å². The number of hydrogen-bond acceptors (Lipinski definition) is 2. The van der Waals surface area contributed by atoms with E-state index in [-0.39, 0.29) is 0 Å². The maximum atomic E-state index is 10.6. The van der Waals surface area contributed by atoms with Crippen LogP contribution in [0, 0.1) is 0 Å². The number of carboxylic acids is 1. The molecule has 0 fully saturated rings. The van der Waals surface area contributed by atoms with Crippen molar-refractivity contribution in [2.75, 3.05) is 7.11 Å². The van der Waals surface area contributed by atoms with Crippen LogP contribution >= 0.6 is 0 Å². The molecule has 0 aliphatic carbocycles. The predicted molar refractivity (Wildman–Crippen MR) is 46.3 cm³/mol. The molecule has 1 rings (SSSR count). The molecule has 0 aromatic heterocycles. The van der Waals surface area contributed by atoms with Gasteiger partial charge in [-0.15, -0.1) is 0 Å². The number of rotatable bonds is 3. The van der Waals surface area contributed by atoms with Crippen LogP contribution in [0.2, 0.25) is 0 Å². The average molecular weight is 182 g/mol. The summed E-state index contributed by atoms with van der Waals surface area (Å²) < 4.78 is 4.96. The summed E-state index contributed by atoms with van der Waals surface area (Å²) in [5.74, 6) is -0.291. The molecule has 4 N–H and O–H groups in total. The molecule has 0 saturated carbocycles. The van der Waals surface area contributed by atoms with Crippen molar-refractivity contribution in [1.82, 2.24) is 0 Å². The van der Waals surface area contributed by atoms with Crippen molar-refractivity contribution in [1.29, 1.82) is 0 Å². The summed E-state index contributed by atoms with van der Waals surface area (Å²) in [6.07, 6.45) is 0. The topological polar surface area (TPSA) is 74.2 Å². The molecular weight excluding hydrogens is 170 g/mol. The first-order valence-corrected chi connectivity index (χ1v) is 3.85. The molecule has 1 aromatic carbocycles. The lowest BCUT2D eigenvalue weighted by atomic mass is 10.1. The lowest BCUT2D eigenvalue weighted by Gasteiger charge is -2.05. The molecule has 1 unspecified atom stereocenters. The standard InChI is InChI=1S/C9H11NO3/c1-13-7-4-2-3-6(5-7)8(10)9(11)12/h2-5,8H,10H2,1H3,(H,11,12)/p+1. The Morgan fingerprint density at radius 1 is 1.62 bits per heavy atom. The molecule has 1 aromatic rings.